The Morgan fingerprint density at radius 2 is 1.78 bits per heavy atom. The van der Waals surface area contributed by atoms with Crippen molar-refractivity contribution in [2.45, 2.75) is 12.6 Å². The quantitative estimate of drug-likeness (QED) is 0.532. The SMILES string of the molecule is O=C(Nc1ccc(Cl)cc1Cl)O[C@@H](Cn1cncn1)c1ccc(Cl)cc1Cl. The molecule has 3 rings (SSSR count). The van der Waals surface area contributed by atoms with Crippen LogP contribution in [0.25, 0.3) is 0 Å². The van der Waals surface area contributed by atoms with Gasteiger partial charge in [-0.3, -0.25) is 5.32 Å². The first-order valence-corrected chi connectivity index (χ1v) is 9.13. The van der Waals surface area contributed by atoms with Crippen LogP contribution in [0, 0.1) is 0 Å². The van der Waals surface area contributed by atoms with Crippen molar-refractivity contribution in [3.8, 4) is 0 Å². The van der Waals surface area contributed by atoms with Gasteiger partial charge in [-0.2, -0.15) is 5.10 Å². The van der Waals surface area contributed by atoms with Gasteiger partial charge in [0.15, 0.2) is 0 Å². The van der Waals surface area contributed by atoms with Gasteiger partial charge in [-0.25, -0.2) is 14.5 Å². The molecule has 1 N–H and O–H groups in total. The molecule has 0 fully saturated rings. The summed E-state index contributed by atoms with van der Waals surface area (Å²) in [5, 5.41) is 8.20. The zero-order chi connectivity index (χ0) is 19.4. The molecule has 27 heavy (non-hydrogen) atoms. The number of aromatic nitrogens is 3. The Hall–Kier alpha value is -1.99. The maximum absolute atomic E-state index is 12.4. The second-order valence-corrected chi connectivity index (χ2v) is 7.11. The molecule has 0 spiro atoms. The van der Waals surface area contributed by atoms with E-state index in [4.69, 9.17) is 51.1 Å². The highest BCUT2D eigenvalue weighted by molar-refractivity contribution is 6.36. The molecule has 0 aliphatic carbocycles. The molecule has 3 aromatic rings. The van der Waals surface area contributed by atoms with E-state index in [1.54, 1.807) is 30.3 Å². The summed E-state index contributed by atoms with van der Waals surface area (Å²) < 4.78 is 7.09. The van der Waals surface area contributed by atoms with Gasteiger partial charge in [-0.15, -0.1) is 0 Å². The van der Waals surface area contributed by atoms with Crippen LogP contribution in [0.15, 0.2) is 49.1 Å². The van der Waals surface area contributed by atoms with Crippen LogP contribution in [0.2, 0.25) is 20.1 Å². The Morgan fingerprint density at radius 1 is 1.07 bits per heavy atom. The maximum atomic E-state index is 12.4. The molecular weight excluding hydrogens is 434 g/mol. The van der Waals surface area contributed by atoms with E-state index in [1.165, 1.54) is 23.4 Å². The zero-order valence-corrected chi connectivity index (χ0v) is 16.6. The lowest BCUT2D eigenvalue weighted by Crippen LogP contribution is -2.21. The van der Waals surface area contributed by atoms with E-state index >= 15 is 0 Å². The summed E-state index contributed by atoms with van der Waals surface area (Å²) in [6.45, 7) is 0.211. The van der Waals surface area contributed by atoms with Crippen LogP contribution in [0.4, 0.5) is 10.5 Å². The molecule has 1 heterocycles. The summed E-state index contributed by atoms with van der Waals surface area (Å²) >= 11 is 24.2. The van der Waals surface area contributed by atoms with E-state index < -0.39 is 12.2 Å². The average molecular weight is 446 g/mol. The molecule has 10 heteroatoms. The van der Waals surface area contributed by atoms with Gasteiger partial charge in [-0.05, 0) is 30.3 Å². The molecule has 0 aliphatic heterocycles. The lowest BCUT2D eigenvalue weighted by Gasteiger charge is -2.20. The molecule has 0 saturated heterocycles. The molecule has 1 atom stereocenters. The number of carbonyl (C=O) groups is 1. The van der Waals surface area contributed by atoms with Gasteiger partial charge in [0.1, 0.15) is 18.8 Å². The number of anilines is 1. The van der Waals surface area contributed by atoms with Crippen molar-refractivity contribution in [3.05, 3.63) is 74.7 Å². The minimum absolute atomic E-state index is 0.211. The van der Waals surface area contributed by atoms with Crippen LogP contribution in [0.5, 0.6) is 0 Å². The number of nitrogens with one attached hydrogen (secondary N) is 1. The number of carbonyl (C=O) groups excluding carboxylic acids is 1. The molecule has 6 nitrogen and oxygen atoms in total. The summed E-state index contributed by atoms with van der Waals surface area (Å²) in [5.41, 5.74) is 0.946. The van der Waals surface area contributed by atoms with Crippen molar-refractivity contribution >= 4 is 58.2 Å². The number of hydrogen-bond acceptors (Lipinski definition) is 4. The zero-order valence-electron chi connectivity index (χ0n) is 13.6. The summed E-state index contributed by atoms with van der Waals surface area (Å²) in [5.74, 6) is 0. The Morgan fingerprint density at radius 3 is 2.41 bits per heavy atom. The summed E-state index contributed by atoms with van der Waals surface area (Å²) in [4.78, 5) is 16.3. The Kier molecular flexibility index (Phi) is 6.44. The fraction of sp³-hybridized carbons (Fsp3) is 0.118. The lowest BCUT2D eigenvalue weighted by atomic mass is 10.1. The smallest absolute Gasteiger partial charge is 0.412 e. The van der Waals surface area contributed by atoms with E-state index in [9.17, 15) is 4.79 Å². The second-order valence-electron chi connectivity index (χ2n) is 5.43. The third-order valence-electron chi connectivity index (χ3n) is 3.55. The van der Waals surface area contributed by atoms with Crippen molar-refractivity contribution in [1.82, 2.24) is 14.8 Å². The van der Waals surface area contributed by atoms with Crippen molar-refractivity contribution in [1.29, 1.82) is 0 Å². The average Bonchev–Trinajstić information content (AvgIpc) is 3.10. The number of amides is 1. The van der Waals surface area contributed by atoms with Gasteiger partial charge < -0.3 is 4.74 Å². The highest BCUT2D eigenvalue weighted by atomic mass is 35.5. The third kappa shape index (κ3) is 5.26. The normalized spacial score (nSPS) is 11.9. The minimum Gasteiger partial charge on any atom is -0.439 e. The Bertz CT molecular complexity index is 950. The van der Waals surface area contributed by atoms with E-state index in [-0.39, 0.29) is 11.6 Å². The fourth-order valence-electron chi connectivity index (χ4n) is 2.32. The molecule has 1 aromatic heterocycles. The van der Waals surface area contributed by atoms with E-state index in [2.05, 4.69) is 15.4 Å². The lowest BCUT2D eigenvalue weighted by molar-refractivity contribution is 0.0973. The van der Waals surface area contributed by atoms with Crippen LogP contribution in [-0.2, 0) is 11.3 Å². The Balaban J connectivity index is 1.81. The summed E-state index contributed by atoms with van der Waals surface area (Å²) in [6.07, 6.45) is 1.44. The van der Waals surface area contributed by atoms with Gasteiger partial charge in [0.2, 0.25) is 0 Å². The molecule has 2 aromatic carbocycles. The van der Waals surface area contributed by atoms with Crippen molar-refractivity contribution in [3.63, 3.8) is 0 Å². The molecule has 0 radical (unpaired) electrons. The van der Waals surface area contributed by atoms with E-state index in [0.717, 1.165) is 0 Å². The largest absolute Gasteiger partial charge is 0.439 e. The first-order valence-electron chi connectivity index (χ1n) is 7.62. The summed E-state index contributed by atoms with van der Waals surface area (Å²) in [6, 6.07) is 9.62. The molecule has 140 valence electrons. The van der Waals surface area contributed by atoms with Crippen molar-refractivity contribution in [2.24, 2.45) is 0 Å². The van der Waals surface area contributed by atoms with Crippen molar-refractivity contribution < 1.29 is 9.53 Å². The van der Waals surface area contributed by atoms with Gasteiger partial charge >= 0.3 is 6.09 Å². The number of hydrogen-bond donors (Lipinski definition) is 1. The molecular formula is C17H12Cl4N4O2. The van der Waals surface area contributed by atoms with Crippen LogP contribution in [0.1, 0.15) is 11.7 Å². The number of rotatable bonds is 5. The predicted molar refractivity (Wildman–Crippen MR) is 106 cm³/mol. The van der Waals surface area contributed by atoms with Crippen molar-refractivity contribution in [2.75, 3.05) is 5.32 Å². The summed E-state index contributed by atoms with van der Waals surface area (Å²) in [7, 11) is 0. The number of nitrogens with zero attached hydrogens (tertiary/aromatic N) is 3. The number of ether oxygens (including phenoxy) is 1. The molecule has 0 unspecified atom stereocenters. The number of halogens is 4. The first-order chi connectivity index (χ1) is 12.9. The third-order valence-corrected chi connectivity index (χ3v) is 4.66. The minimum atomic E-state index is -0.734. The standard InChI is InChI=1S/C17H12Cl4N4O2/c18-10-1-3-12(13(20)5-10)16(7-25-9-22-8-23-25)27-17(26)24-15-4-2-11(19)6-14(15)21/h1-6,8-9,16H,7H2,(H,24,26)/t16-/m0/s1. The van der Waals surface area contributed by atoms with E-state index in [1.807, 2.05) is 0 Å². The molecule has 1 amide bonds. The van der Waals surface area contributed by atoms with Gasteiger partial charge in [0.25, 0.3) is 0 Å². The van der Waals surface area contributed by atoms with Gasteiger partial charge in [0.05, 0.1) is 17.3 Å². The number of benzene rings is 2. The van der Waals surface area contributed by atoms with E-state index in [0.29, 0.717) is 26.3 Å². The molecule has 0 bridgehead atoms. The monoisotopic (exact) mass is 444 g/mol. The van der Waals surface area contributed by atoms with Gasteiger partial charge in [-0.1, -0.05) is 52.5 Å². The van der Waals surface area contributed by atoms with Crippen LogP contribution < -0.4 is 5.32 Å². The Labute approximate surface area is 175 Å². The van der Waals surface area contributed by atoms with Crippen LogP contribution in [0.3, 0.4) is 0 Å². The maximum Gasteiger partial charge on any atom is 0.412 e. The predicted octanol–water partition coefficient (Wildman–Crippen LogP) is 5.88. The highest BCUT2D eigenvalue weighted by Crippen LogP contribution is 2.31. The second kappa shape index (κ2) is 8.80. The molecule has 0 aliphatic rings. The van der Waals surface area contributed by atoms with Crippen LogP contribution >= 0.6 is 46.4 Å². The molecule has 0 saturated carbocycles. The first kappa shape index (κ1) is 19.8. The van der Waals surface area contributed by atoms with Crippen LogP contribution in [-0.4, -0.2) is 20.9 Å². The topological polar surface area (TPSA) is 69.0 Å². The fourth-order valence-corrected chi connectivity index (χ4v) is 3.30. The highest BCUT2D eigenvalue weighted by Gasteiger charge is 2.21. The van der Waals surface area contributed by atoms with Gasteiger partial charge in [0, 0.05) is 20.6 Å².